The zero-order valence-electron chi connectivity index (χ0n) is 12.4. The van der Waals surface area contributed by atoms with Crippen molar-refractivity contribution in [2.45, 2.75) is 31.4 Å². The molecule has 1 saturated heterocycles. The molecule has 112 valence electrons. The van der Waals surface area contributed by atoms with Crippen molar-refractivity contribution in [1.82, 2.24) is 20.2 Å². The molecule has 3 rings (SSSR count). The van der Waals surface area contributed by atoms with Crippen LogP contribution in [0.1, 0.15) is 26.2 Å². The summed E-state index contributed by atoms with van der Waals surface area (Å²) >= 11 is 2.05. The Labute approximate surface area is 129 Å². The van der Waals surface area contributed by atoms with Gasteiger partial charge in [0, 0.05) is 18.3 Å². The molecule has 5 nitrogen and oxygen atoms in total. The number of para-hydroxylation sites is 1. The Hall–Kier alpha value is -1.56. The lowest BCUT2D eigenvalue weighted by molar-refractivity contribution is 0.729. The van der Waals surface area contributed by atoms with Crippen LogP contribution in [0, 0.1) is 0 Å². The van der Waals surface area contributed by atoms with Crippen LogP contribution in [0.5, 0.6) is 0 Å². The Balaban J connectivity index is 1.84. The van der Waals surface area contributed by atoms with Gasteiger partial charge < -0.3 is 4.90 Å². The SMILES string of the molecule is CCSC1CCCCN(c2nnnn2-c2ccccc2)C1. The lowest BCUT2D eigenvalue weighted by Crippen LogP contribution is -2.32. The van der Waals surface area contributed by atoms with Crippen LogP contribution < -0.4 is 4.90 Å². The first-order valence-electron chi connectivity index (χ1n) is 7.59. The average molecular weight is 303 g/mol. The molecule has 0 spiro atoms. The molecule has 0 saturated carbocycles. The Morgan fingerprint density at radius 1 is 1.24 bits per heavy atom. The van der Waals surface area contributed by atoms with Crippen LogP contribution >= 0.6 is 11.8 Å². The molecule has 2 aromatic rings. The van der Waals surface area contributed by atoms with Crippen LogP contribution in [0.25, 0.3) is 5.69 Å². The Morgan fingerprint density at radius 2 is 2.10 bits per heavy atom. The molecule has 1 aromatic carbocycles. The van der Waals surface area contributed by atoms with E-state index >= 15 is 0 Å². The van der Waals surface area contributed by atoms with Crippen LogP contribution in [0.3, 0.4) is 0 Å². The van der Waals surface area contributed by atoms with Crippen LogP contribution in [0.4, 0.5) is 5.95 Å². The highest BCUT2D eigenvalue weighted by atomic mass is 32.2. The van der Waals surface area contributed by atoms with Crippen LogP contribution in [0.15, 0.2) is 30.3 Å². The molecule has 21 heavy (non-hydrogen) atoms. The van der Waals surface area contributed by atoms with Gasteiger partial charge in [-0.15, -0.1) is 0 Å². The van der Waals surface area contributed by atoms with Gasteiger partial charge in [-0.3, -0.25) is 0 Å². The van der Waals surface area contributed by atoms with Gasteiger partial charge >= 0.3 is 0 Å². The number of aromatic nitrogens is 4. The summed E-state index contributed by atoms with van der Waals surface area (Å²) in [5.41, 5.74) is 1.02. The maximum absolute atomic E-state index is 4.27. The predicted octanol–water partition coefficient (Wildman–Crippen LogP) is 2.77. The summed E-state index contributed by atoms with van der Waals surface area (Å²) in [6.45, 7) is 4.30. The summed E-state index contributed by atoms with van der Waals surface area (Å²) in [4.78, 5) is 2.34. The molecule has 2 heterocycles. The van der Waals surface area contributed by atoms with Crippen LogP contribution in [-0.2, 0) is 0 Å². The Morgan fingerprint density at radius 3 is 2.90 bits per heavy atom. The first kappa shape index (κ1) is 14.4. The Kier molecular flexibility index (Phi) is 4.75. The second-order valence-electron chi connectivity index (χ2n) is 5.25. The van der Waals surface area contributed by atoms with Gasteiger partial charge in [0.05, 0.1) is 5.69 Å². The van der Waals surface area contributed by atoms with Crippen molar-refractivity contribution in [1.29, 1.82) is 0 Å². The van der Waals surface area contributed by atoms with E-state index in [-0.39, 0.29) is 0 Å². The molecule has 0 amide bonds. The van der Waals surface area contributed by atoms with Crippen molar-refractivity contribution in [3.05, 3.63) is 30.3 Å². The molecule has 1 atom stereocenters. The lowest BCUT2D eigenvalue weighted by Gasteiger charge is -2.24. The van der Waals surface area contributed by atoms with Crippen molar-refractivity contribution in [3.8, 4) is 5.69 Å². The first-order valence-corrected chi connectivity index (χ1v) is 8.63. The number of rotatable bonds is 4. The highest BCUT2D eigenvalue weighted by Gasteiger charge is 2.22. The van der Waals surface area contributed by atoms with Crippen LogP contribution in [-0.4, -0.2) is 44.3 Å². The largest absolute Gasteiger partial charge is 0.338 e. The molecule has 0 bridgehead atoms. The molecule has 6 heteroatoms. The van der Waals surface area contributed by atoms with Gasteiger partial charge in [-0.1, -0.05) is 36.6 Å². The normalized spacial score (nSPS) is 19.5. The first-order chi connectivity index (χ1) is 10.4. The van der Waals surface area contributed by atoms with E-state index in [9.17, 15) is 0 Å². The van der Waals surface area contributed by atoms with E-state index in [1.807, 2.05) is 46.8 Å². The summed E-state index contributed by atoms with van der Waals surface area (Å²) < 4.78 is 1.85. The van der Waals surface area contributed by atoms with E-state index in [0.717, 1.165) is 24.7 Å². The average Bonchev–Trinajstić information content (AvgIpc) is 2.89. The van der Waals surface area contributed by atoms with E-state index in [1.54, 1.807) is 0 Å². The van der Waals surface area contributed by atoms with Crippen molar-refractivity contribution in [3.63, 3.8) is 0 Å². The number of benzene rings is 1. The standard InChI is InChI=1S/C15H21N5S/c1-2-21-14-10-6-7-11-19(12-14)15-16-17-18-20(15)13-8-4-3-5-9-13/h3-5,8-9,14H,2,6-7,10-12H2,1H3. The molecule has 0 aliphatic carbocycles. The number of nitrogens with zero attached hydrogens (tertiary/aromatic N) is 5. The minimum Gasteiger partial charge on any atom is -0.338 e. The number of tetrazole rings is 1. The second kappa shape index (κ2) is 6.93. The second-order valence-corrected chi connectivity index (χ2v) is 6.82. The number of hydrogen-bond acceptors (Lipinski definition) is 5. The van der Waals surface area contributed by atoms with Crippen molar-refractivity contribution < 1.29 is 0 Å². The highest BCUT2D eigenvalue weighted by molar-refractivity contribution is 7.99. The van der Waals surface area contributed by atoms with E-state index in [1.165, 1.54) is 25.0 Å². The third kappa shape index (κ3) is 3.37. The van der Waals surface area contributed by atoms with Crippen LogP contribution in [0.2, 0.25) is 0 Å². The molecule has 0 N–H and O–H groups in total. The van der Waals surface area contributed by atoms with Gasteiger partial charge in [0.15, 0.2) is 0 Å². The summed E-state index contributed by atoms with van der Waals surface area (Å²) in [5, 5.41) is 13.0. The van der Waals surface area contributed by atoms with Gasteiger partial charge in [0.2, 0.25) is 5.95 Å². The molecular weight excluding hydrogens is 282 g/mol. The highest BCUT2D eigenvalue weighted by Crippen LogP contribution is 2.25. The van der Waals surface area contributed by atoms with Gasteiger partial charge in [-0.25, -0.2) is 0 Å². The third-order valence-corrected chi connectivity index (χ3v) is 4.96. The number of thioether (sulfide) groups is 1. The monoisotopic (exact) mass is 303 g/mol. The van der Waals surface area contributed by atoms with Gasteiger partial charge in [-0.2, -0.15) is 16.4 Å². The maximum atomic E-state index is 4.27. The van der Waals surface area contributed by atoms with Crippen molar-refractivity contribution in [2.24, 2.45) is 0 Å². The summed E-state index contributed by atoms with van der Waals surface area (Å²) in [6, 6.07) is 10.1. The van der Waals surface area contributed by atoms with E-state index in [0.29, 0.717) is 5.25 Å². The third-order valence-electron chi connectivity index (χ3n) is 3.77. The van der Waals surface area contributed by atoms with Gasteiger partial charge in [0.1, 0.15) is 0 Å². The number of anilines is 1. The molecular formula is C15H21N5S. The minimum atomic E-state index is 0.679. The van der Waals surface area contributed by atoms with E-state index in [2.05, 4.69) is 27.3 Å². The number of hydrogen-bond donors (Lipinski definition) is 0. The molecule has 1 unspecified atom stereocenters. The molecule has 1 aromatic heterocycles. The molecule has 0 radical (unpaired) electrons. The van der Waals surface area contributed by atoms with E-state index < -0.39 is 0 Å². The predicted molar refractivity (Wildman–Crippen MR) is 87.1 cm³/mol. The molecule has 1 aliphatic rings. The molecule has 1 aliphatic heterocycles. The topological polar surface area (TPSA) is 46.8 Å². The van der Waals surface area contributed by atoms with Crippen molar-refractivity contribution in [2.75, 3.05) is 23.7 Å². The van der Waals surface area contributed by atoms with Crippen molar-refractivity contribution >= 4 is 17.7 Å². The maximum Gasteiger partial charge on any atom is 0.250 e. The fourth-order valence-corrected chi connectivity index (χ4v) is 3.86. The minimum absolute atomic E-state index is 0.679. The lowest BCUT2D eigenvalue weighted by atomic mass is 10.2. The van der Waals surface area contributed by atoms with E-state index in [4.69, 9.17) is 0 Å². The zero-order chi connectivity index (χ0) is 14.5. The summed E-state index contributed by atoms with van der Waals surface area (Å²) in [7, 11) is 0. The fraction of sp³-hybridized carbons (Fsp3) is 0.533. The van der Waals surface area contributed by atoms with Gasteiger partial charge in [0.25, 0.3) is 0 Å². The van der Waals surface area contributed by atoms with Gasteiger partial charge in [-0.05, 0) is 41.2 Å². The smallest absolute Gasteiger partial charge is 0.250 e. The summed E-state index contributed by atoms with van der Waals surface area (Å²) in [6.07, 6.45) is 3.80. The quantitative estimate of drug-likeness (QED) is 0.869. The fourth-order valence-electron chi connectivity index (χ4n) is 2.77. The summed E-state index contributed by atoms with van der Waals surface area (Å²) in [5.74, 6) is 2.03. The Bertz CT molecular complexity index is 556. The molecule has 1 fully saturated rings. The zero-order valence-corrected chi connectivity index (χ0v) is 13.2.